The lowest BCUT2D eigenvalue weighted by molar-refractivity contribution is -0.116. The van der Waals surface area contributed by atoms with Crippen molar-refractivity contribution in [2.75, 3.05) is 45.9 Å². The summed E-state index contributed by atoms with van der Waals surface area (Å²) >= 11 is 0. The Kier molecular flexibility index (Phi) is 7.54. The Morgan fingerprint density at radius 3 is 2.30 bits per heavy atom. The molecular formula is C23H29N3O4. The quantitative estimate of drug-likeness (QED) is 0.673. The van der Waals surface area contributed by atoms with Gasteiger partial charge in [-0.05, 0) is 54.7 Å². The molecule has 7 heteroatoms. The molecule has 160 valence electrons. The SMILES string of the molecule is COc1cc(/C=C/C(=O)NCC2CCN(c3ccncc3)CC2)cc(OC)c1OC. The molecule has 1 saturated heterocycles. The number of piperidine rings is 1. The molecule has 1 N–H and O–H groups in total. The number of pyridine rings is 1. The van der Waals surface area contributed by atoms with Crippen molar-refractivity contribution in [1.29, 1.82) is 0 Å². The topological polar surface area (TPSA) is 72.9 Å². The van der Waals surface area contributed by atoms with E-state index in [1.165, 1.54) is 11.8 Å². The third kappa shape index (κ3) is 5.43. The summed E-state index contributed by atoms with van der Waals surface area (Å²) in [7, 11) is 4.69. The lowest BCUT2D eigenvalue weighted by atomic mass is 9.96. The largest absolute Gasteiger partial charge is 0.493 e. The molecule has 2 heterocycles. The average Bonchev–Trinajstić information content (AvgIpc) is 2.81. The first-order chi connectivity index (χ1) is 14.6. The molecule has 3 rings (SSSR count). The lowest BCUT2D eigenvalue weighted by Crippen LogP contribution is -2.38. The molecule has 1 fully saturated rings. The number of carbonyl (C=O) groups is 1. The van der Waals surface area contributed by atoms with Crippen molar-refractivity contribution < 1.29 is 19.0 Å². The van der Waals surface area contributed by atoms with Gasteiger partial charge in [-0.3, -0.25) is 9.78 Å². The van der Waals surface area contributed by atoms with Gasteiger partial charge in [0.2, 0.25) is 11.7 Å². The Balaban J connectivity index is 1.50. The fourth-order valence-electron chi connectivity index (χ4n) is 3.62. The van der Waals surface area contributed by atoms with E-state index in [2.05, 4.69) is 15.2 Å². The molecule has 0 bridgehead atoms. The molecular weight excluding hydrogens is 382 g/mol. The van der Waals surface area contributed by atoms with Crippen LogP contribution in [0.15, 0.2) is 42.7 Å². The predicted molar refractivity (Wildman–Crippen MR) is 117 cm³/mol. The summed E-state index contributed by atoms with van der Waals surface area (Å²) in [5.74, 6) is 2.01. The van der Waals surface area contributed by atoms with E-state index in [0.29, 0.717) is 29.7 Å². The van der Waals surface area contributed by atoms with Crippen LogP contribution in [0.1, 0.15) is 18.4 Å². The lowest BCUT2D eigenvalue weighted by Gasteiger charge is -2.33. The second-order valence-corrected chi connectivity index (χ2v) is 7.17. The van der Waals surface area contributed by atoms with Crippen LogP contribution >= 0.6 is 0 Å². The number of hydrogen-bond donors (Lipinski definition) is 1. The van der Waals surface area contributed by atoms with Crippen molar-refractivity contribution >= 4 is 17.7 Å². The number of hydrogen-bond acceptors (Lipinski definition) is 6. The molecule has 2 aromatic rings. The molecule has 0 saturated carbocycles. The van der Waals surface area contributed by atoms with E-state index >= 15 is 0 Å². The van der Waals surface area contributed by atoms with E-state index in [0.717, 1.165) is 31.5 Å². The number of aromatic nitrogens is 1. The number of methoxy groups -OCH3 is 3. The van der Waals surface area contributed by atoms with Gasteiger partial charge in [-0.1, -0.05) is 0 Å². The van der Waals surface area contributed by atoms with Crippen LogP contribution in [0.4, 0.5) is 5.69 Å². The number of ether oxygens (including phenoxy) is 3. The molecule has 0 unspecified atom stereocenters. The van der Waals surface area contributed by atoms with E-state index in [9.17, 15) is 4.79 Å². The third-order valence-electron chi connectivity index (χ3n) is 5.32. The van der Waals surface area contributed by atoms with Gasteiger partial charge in [-0.25, -0.2) is 0 Å². The molecule has 0 spiro atoms. The fourth-order valence-corrected chi connectivity index (χ4v) is 3.62. The maximum Gasteiger partial charge on any atom is 0.244 e. The maximum atomic E-state index is 12.3. The van der Waals surface area contributed by atoms with Crippen molar-refractivity contribution in [2.24, 2.45) is 5.92 Å². The van der Waals surface area contributed by atoms with Crippen molar-refractivity contribution in [2.45, 2.75) is 12.8 Å². The number of nitrogens with one attached hydrogen (secondary N) is 1. The zero-order chi connectivity index (χ0) is 21.3. The number of nitrogens with zero attached hydrogens (tertiary/aromatic N) is 2. The van der Waals surface area contributed by atoms with Crippen molar-refractivity contribution in [3.8, 4) is 17.2 Å². The number of carbonyl (C=O) groups excluding carboxylic acids is 1. The highest BCUT2D eigenvalue weighted by Crippen LogP contribution is 2.38. The fraction of sp³-hybridized carbons (Fsp3) is 0.391. The number of rotatable bonds is 8. The van der Waals surface area contributed by atoms with E-state index in [1.807, 2.05) is 24.5 Å². The Morgan fingerprint density at radius 2 is 1.73 bits per heavy atom. The zero-order valence-corrected chi connectivity index (χ0v) is 17.8. The first-order valence-electron chi connectivity index (χ1n) is 10.1. The summed E-state index contributed by atoms with van der Waals surface area (Å²) < 4.78 is 16.0. The van der Waals surface area contributed by atoms with Crippen molar-refractivity contribution in [3.63, 3.8) is 0 Å². The summed E-state index contributed by atoms with van der Waals surface area (Å²) in [6.07, 6.45) is 9.03. The first-order valence-corrected chi connectivity index (χ1v) is 10.1. The van der Waals surface area contributed by atoms with Gasteiger partial charge in [-0.15, -0.1) is 0 Å². The zero-order valence-electron chi connectivity index (χ0n) is 17.8. The second-order valence-electron chi connectivity index (χ2n) is 7.17. The smallest absolute Gasteiger partial charge is 0.244 e. The molecule has 1 aliphatic rings. The van der Waals surface area contributed by atoms with Crippen LogP contribution < -0.4 is 24.4 Å². The molecule has 1 aromatic carbocycles. The Labute approximate surface area is 177 Å². The minimum absolute atomic E-state index is 0.111. The van der Waals surface area contributed by atoms with Crippen LogP contribution in [0, 0.1) is 5.92 Å². The predicted octanol–water partition coefficient (Wildman–Crippen LogP) is 3.15. The molecule has 1 amide bonds. The molecule has 1 aliphatic heterocycles. The van der Waals surface area contributed by atoms with E-state index < -0.39 is 0 Å². The van der Waals surface area contributed by atoms with Gasteiger partial charge in [0, 0.05) is 43.8 Å². The van der Waals surface area contributed by atoms with Gasteiger partial charge in [0.05, 0.1) is 21.3 Å². The molecule has 0 atom stereocenters. The average molecular weight is 412 g/mol. The minimum Gasteiger partial charge on any atom is -0.493 e. The van der Waals surface area contributed by atoms with E-state index in [-0.39, 0.29) is 5.91 Å². The number of anilines is 1. The summed E-state index contributed by atoms with van der Waals surface area (Å²) in [6.45, 7) is 2.67. The Morgan fingerprint density at radius 1 is 1.10 bits per heavy atom. The highest BCUT2D eigenvalue weighted by Gasteiger charge is 2.19. The minimum atomic E-state index is -0.111. The summed E-state index contributed by atoms with van der Waals surface area (Å²) in [4.78, 5) is 18.7. The highest BCUT2D eigenvalue weighted by molar-refractivity contribution is 5.91. The maximum absolute atomic E-state index is 12.3. The van der Waals surface area contributed by atoms with Crippen LogP contribution in [0.5, 0.6) is 17.2 Å². The summed E-state index contributed by atoms with van der Waals surface area (Å²) in [5, 5.41) is 3.02. The monoisotopic (exact) mass is 411 g/mol. The Bertz CT molecular complexity index is 837. The standard InChI is InChI=1S/C23H29N3O4/c1-28-20-14-18(15-21(29-2)23(20)30-3)4-5-22(27)25-16-17-8-12-26(13-9-17)19-6-10-24-11-7-19/h4-7,10-11,14-15,17H,8-9,12-13,16H2,1-3H3,(H,25,27)/b5-4+. The normalized spacial score (nSPS) is 14.6. The third-order valence-corrected chi connectivity index (χ3v) is 5.32. The molecule has 0 aliphatic carbocycles. The molecule has 0 radical (unpaired) electrons. The van der Waals surface area contributed by atoms with Gasteiger partial charge >= 0.3 is 0 Å². The Hall–Kier alpha value is -3.22. The number of benzene rings is 1. The summed E-state index contributed by atoms with van der Waals surface area (Å²) in [5.41, 5.74) is 2.01. The van der Waals surface area contributed by atoms with Crippen LogP contribution in [0.2, 0.25) is 0 Å². The highest BCUT2D eigenvalue weighted by atomic mass is 16.5. The van der Waals surface area contributed by atoms with Crippen LogP contribution in [0.25, 0.3) is 6.08 Å². The van der Waals surface area contributed by atoms with E-state index in [4.69, 9.17) is 14.2 Å². The number of amides is 1. The first kappa shape index (κ1) is 21.5. The van der Waals surface area contributed by atoms with Crippen LogP contribution in [0.3, 0.4) is 0 Å². The van der Waals surface area contributed by atoms with Crippen LogP contribution in [-0.2, 0) is 4.79 Å². The molecule has 1 aromatic heterocycles. The van der Waals surface area contributed by atoms with Gasteiger partial charge in [0.1, 0.15) is 0 Å². The molecule has 7 nitrogen and oxygen atoms in total. The van der Waals surface area contributed by atoms with Crippen molar-refractivity contribution in [3.05, 3.63) is 48.3 Å². The second kappa shape index (κ2) is 10.5. The van der Waals surface area contributed by atoms with Crippen molar-refractivity contribution in [1.82, 2.24) is 10.3 Å². The van der Waals surface area contributed by atoms with Gasteiger partial charge in [0.15, 0.2) is 11.5 Å². The van der Waals surface area contributed by atoms with E-state index in [1.54, 1.807) is 39.5 Å². The van der Waals surface area contributed by atoms with Gasteiger partial charge < -0.3 is 24.4 Å². The molecule has 30 heavy (non-hydrogen) atoms. The van der Waals surface area contributed by atoms with Gasteiger partial charge in [0.25, 0.3) is 0 Å². The summed E-state index contributed by atoms with van der Waals surface area (Å²) in [6, 6.07) is 7.69. The van der Waals surface area contributed by atoms with Crippen LogP contribution in [-0.4, -0.2) is 51.9 Å². The van der Waals surface area contributed by atoms with Gasteiger partial charge in [-0.2, -0.15) is 0 Å².